The number of hydrogen-bond donors (Lipinski definition) is 0. The van der Waals surface area contributed by atoms with E-state index in [1.54, 1.807) is 6.92 Å². The second-order valence-electron chi connectivity index (χ2n) is 3.77. The van der Waals surface area contributed by atoms with Gasteiger partial charge in [0, 0.05) is 0 Å². The Labute approximate surface area is 88.1 Å². The molecule has 84 valence electrons. The minimum atomic E-state index is -1.34. The van der Waals surface area contributed by atoms with Crippen LogP contribution in [-0.2, 0) is 6.42 Å². The van der Waals surface area contributed by atoms with E-state index in [1.807, 2.05) is 6.92 Å². The lowest BCUT2D eigenvalue weighted by molar-refractivity contribution is 0.435. The normalized spacial score (nSPS) is 10.8. The van der Waals surface area contributed by atoms with E-state index >= 15 is 0 Å². The number of benzene rings is 1. The molecule has 0 radical (unpaired) electrons. The predicted molar refractivity (Wildman–Crippen MR) is 54.4 cm³/mol. The Morgan fingerprint density at radius 1 is 0.867 bits per heavy atom. The fraction of sp³-hybridized carbons (Fsp3) is 0.500. The number of unbranched alkanes of at least 4 members (excludes halogenated alkanes) is 1. The van der Waals surface area contributed by atoms with E-state index in [4.69, 9.17) is 0 Å². The fourth-order valence-electron chi connectivity index (χ4n) is 1.60. The fourth-order valence-corrected chi connectivity index (χ4v) is 1.60. The third kappa shape index (κ3) is 2.16. The van der Waals surface area contributed by atoms with E-state index in [9.17, 15) is 13.2 Å². The van der Waals surface area contributed by atoms with Crippen LogP contribution < -0.4 is 0 Å². The number of rotatable bonds is 3. The van der Waals surface area contributed by atoms with Crippen molar-refractivity contribution in [3.05, 3.63) is 34.1 Å². The van der Waals surface area contributed by atoms with Crippen molar-refractivity contribution in [2.75, 3.05) is 0 Å². The van der Waals surface area contributed by atoms with E-state index < -0.39 is 17.5 Å². The van der Waals surface area contributed by atoms with Crippen LogP contribution in [0.25, 0.3) is 0 Å². The van der Waals surface area contributed by atoms with Crippen molar-refractivity contribution in [1.29, 1.82) is 0 Å². The second-order valence-corrected chi connectivity index (χ2v) is 3.77. The topological polar surface area (TPSA) is 0 Å². The van der Waals surface area contributed by atoms with Gasteiger partial charge in [-0.2, -0.15) is 0 Å². The number of hydrogen-bond acceptors (Lipinski definition) is 0. The molecule has 0 aromatic heterocycles. The highest BCUT2D eigenvalue weighted by atomic mass is 19.2. The Kier molecular flexibility index (Phi) is 3.77. The summed E-state index contributed by atoms with van der Waals surface area (Å²) in [5.41, 5.74) is 1.05. The lowest BCUT2D eigenvalue weighted by Gasteiger charge is -2.11. The largest absolute Gasteiger partial charge is 0.203 e. The summed E-state index contributed by atoms with van der Waals surface area (Å²) in [6, 6.07) is 0. The minimum Gasteiger partial charge on any atom is -0.203 e. The van der Waals surface area contributed by atoms with Crippen LogP contribution in [0.15, 0.2) is 0 Å². The molecule has 3 heteroatoms. The first-order valence-corrected chi connectivity index (χ1v) is 5.13. The van der Waals surface area contributed by atoms with Gasteiger partial charge in [0.25, 0.3) is 0 Å². The van der Waals surface area contributed by atoms with Crippen molar-refractivity contribution in [2.45, 2.75) is 40.0 Å². The Morgan fingerprint density at radius 3 is 2.00 bits per heavy atom. The Balaban J connectivity index is 3.26. The van der Waals surface area contributed by atoms with Gasteiger partial charge in [0.2, 0.25) is 0 Å². The molecule has 0 aliphatic heterocycles. The van der Waals surface area contributed by atoms with E-state index in [2.05, 4.69) is 0 Å². The van der Waals surface area contributed by atoms with Crippen LogP contribution in [0.4, 0.5) is 13.2 Å². The molecule has 0 fully saturated rings. The molecular formula is C12H15F3. The molecule has 0 aliphatic rings. The highest BCUT2D eigenvalue weighted by molar-refractivity contribution is 5.36. The zero-order valence-electron chi connectivity index (χ0n) is 9.26. The van der Waals surface area contributed by atoms with E-state index in [1.165, 1.54) is 6.92 Å². The summed E-state index contributed by atoms with van der Waals surface area (Å²) in [6.45, 7) is 5.08. The van der Waals surface area contributed by atoms with Gasteiger partial charge in [-0.15, -0.1) is 0 Å². The molecule has 1 aromatic carbocycles. The molecule has 0 unspecified atom stereocenters. The van der Waals surface area contributed by atoms with Gasteiger partial charge >= 0.3 is 0 Å². The molecule has 1 rings (SSSR count). The maximum absolute atomic E-state index is 13.4. The summed E-state index contributed by atoms with van der Waals surface area (Å²) in [6.07, 6.45) is 2.14. The van der Waals surface area contributed by atoms with Crippen molar-refractivity contribution in [3.8, 4) is 0 Å². The van der Waals surface area contributed by atoms with Gasteiger partial charge in [-0.1, -0.05) is 13.3 Å². The van der Waals surface area contributed by atoms with Crippen molar-refractivity contribution < 1.29 is 13.2 Å². The lowest BCUT2D eigenvalue weighted by Crippen LogP contribution is -2.05. The smallest absolute Gasteiger partial charge is 0.194 e. The van der Waals surface area contributed by atoms with Crippen LogP contribution in [0, 0.1) is 31.3 Å². The Morgan fingerprint density at radius 2 is 1.47 bits per heavy atom. The van der Waals surface area contributed by atoms with Crippen LogP contribution in [-0.4, -0.2) is 0 Å². The standard InChI is InChI=1S/C12H15F3/c1-4-5-6-9-7(2)8(3)10(13)12(15)11(9)14/h4-6H2,1-3H3. The van der Waals surface area contributed by atoms with Crippen molar-refractivity contribution in [1.82, 2.24) is 0 Å². The van der Waals surface area contributed by atoms with Gasteiger partial charge in [-0.25, -0.2) is 13.2 Å². The Bertz CT molecular complexity index is 341. The van der Waals surface area contributed by atoms with Crippen LogP contribution in [0.5, 0.6) is 0 Å². The first kappa shape index (κ1) is 12.1. The molecule has 15 heavy (non-hydrogen) atoms. The van der Waals surface area contributed by atoms with E-state index in [-0.39, 0.29) is 5.56 Å². The third-order valence-corrected chi connectivity index (χ3v) is 2.78. The molecule has 0 heterocycles. The van der Waals surface area contributed by atoms with Gasteiger partial charge in [0.15, 0.2) is 17.5 Å². The summed E-state index contributed by atoms with van der Waals surface area (Å²) in [7, 11) is 0. The average molecular weight is 216 g/mol. The van der Waals surface area contributed by atoms with Crippen molar-refractivity contribution in [3.63, 3.8) is 0 Å². The minimum absolute atomic E-state index is 0.208. The molecule has 0 saturated heterocycles. The zero-order chi connectivity index (χ0) is 11.6. The molecular weight excluding hydrogens is 201 g/mol. The first-order chi connectivity index (χ1) is 7.00. The molecule has 1 aromatic rings. The molecule has 0 nitrogen and oxygen atoms in total. The molecule has 0 spiro atoms. The van der Waals surface area contributed by atoms with Gasteiger partial charge in [-0.3, -0.25) is 0 Å². The van der Waals surface area contributed by atoms with E-state index in [0.717, 1.165) is 12.8 Å². The molecule has 0 atom stereocenters. The predicted octanol–water partition coefficient (Wildman–Crippen LogP) is 4.06. The van der Waals surface area contributed by atoms with Crippen molar-refractivity contribution >= 4 is 0 Å². The zero-order valence-corrected chi connectivity index (χ0v) is 9.26. The average Bonchev–Trinajstić information content (AvgIpc) is 2.24. The van der Waals surface area contributed by atoms with Crippen LogP contribution in [0.3, 0.4) is 0 Å². The summed E-state index contributed by atoms with van der Waals surface area (Å²) < 4.78 is 39.7. The highest BCUT2D eigenvalue weighted by Crippen LogP contribution is 2.25. The molecule has 0 N–H and O–H groups in total. The van der Waals surface area contributed by atoms with Gasteiger partial charge in [-0.05, 0) is 43.4 Å². The van der Waals surface area contributed by atoms with Gasteiger partial charge in [0.05, 0.1) is 0 Å². The summed E-state index contributed by atoms with van der Waals surface area (Å²) in [5.74, 6) is -3.43. The third-order valence-electron chi connectivity index (χ3n) is 2.78. The lowest BCUT2D eigenvalue weighted by atomic mass is 9.97. The van der Waals surface area contributed by atoms with Crippen LogP contribution in [0.2, 0.25) is 0 Å². The quantitative estimate of drug-likeness (QED) is 0.668. The summed E-state index contributed by atoms with van der Waals surface area (Å²) in [4.78, 5) is 0. The van der Waals surface area contributed by atoms with Crippen LogP contribution in [0.1, 0.15) is 36.5 Å². The maximum Gasteiger partial charge on any atom is 0.194 e. The summed E-state index contributed by atoms with van der Waals surface area (Å²) >= 11 is 0. The molecule has 0 aliphatic carbocycles. The second kappa shape index (κ2) is 4.69. The maximum atomic E-state index is 13.4. The molecule has 0 amide bonds. The SMILES string of the molecule is CCCCc1c(C)c(C)c(F)c(F)c1F. The molecule has 0 saturated carbocycles. The summed E-state index contributed by atoms with van der Waals surface area (Å²) in [5, 5.41) is 0. The highest BCUT2D eigenvalue weighted by Gasteiger charge is 2.19. The van der Waals surface area contributed by atoms with Gasteiger partial charge < -0.3 is 0 Å². The first-order valence-electron chi connectivity index (χ1n) is 5.13. The molecule has 0 bridgehead atoms. The Hall–Kier alpha value is -0.990. The van der Waals surface area contributed by atoms with E-state index in [0.29, 0.717) is 17.5 Å². The van der Waals surface area contributed by atoms with Crippen LogP contribution >= 0.6 is 0 Å². The van der Waals surface area contributed by atoms with Gasteiger partial charge in [0.1, 0.15) is 0 Å². The monoisotopic (exact) mass is 216 g/mol. The van der Waals surface area contributed by atoms with Crippen molar-refractivity contribution in [2.24, 2.45) is 0 Å². The number of halogens is 3.